The van der Waals surface area contributed by atoms with Crippen LogP contribution in [0.4, 0.5) is 5.69 Å². The molecule has 1 fully saturated rings. The van der Waals surface area contributed by atoms with Crippen LogP contribution in [0.15, 0.2) is 24.3 Å². The molecule has 2 amide bonds. The molecular formula is C13H15NO2S. The summed E-state index contributed by atoms with van der Waals surface area (Å²) in [4.78, 5) is 25.3. The Labute approximate surface area is 105 Å². The fourth-order valence-corrected chi connectivity index (χ4v) is 2.88. The summed E-state index contributed by atoms with van der Waals surface area (Å²) in [5.74, 6) is 0.685. The van der Waals surface area contributed by atoms with Crippen molar-refractivity contribution in [3.63, 3.8) is 0 Å². The summed E-state index contributed by atoms with van der Waals surface area (Å²) in [5, 5.41) is -0.201. The molecule has 1 aliphatic rings. The summed E-state index contributed by atoms with van der Waals surface area (Å²) in [6.07, 6.45) is 0.325. The predicted octanol–water partition coefficient (Wildman–Crippen LogP) is 2.38. The van der Waals surface area contributed by atoms with Crippen LogP contribution in [0.2, 0.25) is 0 Å². The molecule has 1 heterocycles. The Hall–Kier alpha value is -1.29. The minimum absolute atomic E-state index is 0.0764. The van der Waals surface area contributed by atoms with Crippen LogP contribution in [0.5, 0.6) is 0 Å². The van der Waals surface area contributed by atoms with Gasteiger partial charge in [0.05, 0.1) is 10.9 Å². The highest BCUT2D eigenvalue weighted by atomic mass is 32.2. The molecule has 17 heavy (non-hydrogen) atoms. The Balaban J connectivity index is 2.27. The smallest absolute Gasteiger partial charge is 0.247 e. The fourth-order valence-electron chi connectivity index (χ4n) is 1.97. The lowest BCUT2D eigenvalue weighted by molar-refractivity contribution is -0.121. The van der Waals surface area contributed by atoms with Crippen LogP contribution in [-0.2, 0) is 9.59 Å². The summed E-state index contributed by atoms with van der Waals surface area (Å²) < 4.78 is 0. The molecule has 0 saturated carbocycles. The number of anilines is 1. The number of carbonyl (C=O) groups excluding carboxylic acids is 2. The maximum Gasteiger partial charge on any atom is 0.247 e. The van der Waals surface area contributed by atoms with Crippen molar-refractivity contribution < 1.29 is 9.59 Å². The van der Waals surface area contributed by atoms with Crippen molar-refractivity contribution in [1.29, 1.82) is 0 Å². The van der Waals surface area contributed by atoms with Gasteiger partial charge in [-0.3, -0.25) is 9.59 Å². The van der Waals surface area contributed by atoms with E-state index in [1.807, 2.05) is 38.1 Å². The Morgan fingerprint density at radius 3 is 2.82 bits per heavy atom. The number of nitrogens with zero attached hydrogens (tertiary/aromatic N) is 1. The number of thioether (sulfide) groups is 1. The molecule has 1 unspecified atom stereocenters. The van der Waals surface area contributed by atoms with Crippen molar-refractivity contribution in [2.24, 2.45) is 0 Å². The second kappa shape index (κ2) is 4.92. The number of hydrogen-bond donors (Lipinski definition) is 0. The van der Waals surface area contributed by atoms with E-state index in [4.69, 9.17) is 0 Å². The van der Waals surface area contributed by atoms with E-state index in [-0.39, 0.29) is 17.1 Å². The van der Waals surface area contributed by atoms with Gasteiger partial charge >= 0.3 is 0 Å². The Kier molecular flexibility index (Phi) is 3.52. The van der Waals surface area contributed by atoms with E-state index in [1.54, 1.807) is 11.8 Å². The highest BCUT2D eigenvalue weighted by molar-refractivity contribution is 8.00. The van der Waals surface area contributed by atoms with Gasteiger partial charge in [0, 0.05) is 6.42 Å². The maximum absolute atomic E-state index is 12.1. The van der Waals surface area contributed by atoms with Crippen molar-refractivity contribution in [2.45, 2.75) is 25.5 Å². The first kappa shape index (κ1) is 12.2. The van der Waals surface area contributed by atoms with Crippen molar-refractivity contribution in [3.05, 3.63) is 29.8 Å². The fraction of sp³-hybridized carbons (Fsp3) is 0.385. The number of imide groups is 1. The van der Waals surface area contributed by atoms with Gasteiger partial charge in [0.1, 0.15) is 0 Å². The highest BCUT2D eigenvalue weighted by Crippen LogP contribution is 2.29. The van der Waals surface area contributed by atoms with Gasteiger partial charge in [-0.25, -0.2) is 4.90 Å². The van der Waals surface area contributed by atoms with E-state index in [2.05, 4.69) is 0 Å². The molecule has 1 aliphatic heterocycles. The average molecular weight is 249 g/mol. The summed E-state index contributed by atoms with van der Waals surface area (Å²) in [7, 11) is 0. The first-order valence-electron chi connectivity index (χ1n) is 5.68. The Bertz CT molecular complexity index is 458. The minimum Gasteiger partial charge on any atom is -0.274 e. The molecule has 0 radical (unpaired) electrons. The third kappa shape index (κ3) is 2.36. The number of benzene rings is 1. The van der Waals surface area contributed by atoms with Crippen LogP contribution in [0, 0.1) is 6.92 Å². The molecule has 0 spiro atoms. The van der Waals surface area contributed by atoms with E-state index in [9.17, 15) is 9.59 Å². The molecule has 0 aromatic heterocycles. The van der Waals surface area contributed by atoms with E-state index in [1.165, 1.54) is 4.90 Å². The lowest BCUT2D eigenvalue weighted by Crippen LogP contribution is -2.31. The van der Waals surface area contributed by atoms with Gasteiger partial charge in [-0.05, 0) is 30.4 Å². The number of carbonyl (C=O) groups is 2. The summed E-state index contributed by atoms with van der Waals surface area (Å²) >= 11 is 1.54. The van der Waals surface area contributed by atoms with Crippen LogP contribution in [-0.4, -0.2) is 22.8 Å². The first-order valence-corrected chi connectivity index (χ1v) is 6.73. The minimum atomic E-state index is -0.201. The zero-order chi connectivity index (χ0) is 12.4. The zero-order valence-corrected chi connectivity index (χ0v) is 10.8. The van der Waals surface area contributed by atoms with Crippen molar-refractivity contribution in [2.75, 3.05) is 10.7 Å². The third-order valence-electron chi connectivity index (χ3n) is 2.73. The molecule has 3 nitrogen and oxygen atoms in total. The number of rotatable bonds is 3. The molecule has 1 saturated heterocycles. The maximum atomic E-state index is 12.1. The average Bonchev–Trinajstić information content (AvgIpc) is 2.55. The van der Waals surface area contributed by atoms with Gasteiger partial charge in [-0.15, -0.1) is 11.8 Å². The molecule has 0 N–H and O–H groups in total. The monoisotopic (exact) mass is 249 g/mol. The van der Waals surface area contributed by atoms with Crippen molar-refractivity contribution in [1.82, 2.24) is 0 Å². The second-order valence-electron chi connectivity index (χ2n) is 4.05. The van der Waals surface area contributed by atoms with Crippen LogP contribution in [0.1, 0.15) is 18.9 Å². The van der Waals surface area contributed by atoms with Crippen LogP contribution >= 0.6 is 11.8 Å². The van der Waals surface area contributed by atoms with Gasteiger partial charge in [-0.1, -0.05) is 19.1 Å². The van der Waals surface area contributed by atoms with Gasteiger partial charge in [-0.2, -0.15) is 0 Å². The lowest BCUT2D eigenvalue weighted by atomic mass is 10.2. The van der Waals surface area contributed by atoms with Gasteiger partial charge in [0.2, 0.25) is 11.8 Å². The molecule has 1 aromatic carbocycles. The quantitative estimate of drug-likeness (QED) is 0.772. The zero-order valence-electron chi connectivity index (χ0n) is 9.97. The van der Waals surface area contributed by atoms with Crippen LogP contribution in [0.3, 0.4) is 0 Å². The molecule has 0 bridgehead atoms. The summed E-state index contributed by atoms with van der Waals surface area (Å²) in [6.45, 7) is 3.95. The summed E-state index contributed by atoms with van der Waals surface area (Å²) in [5.41, 5.74) is 1.74. The van der Waals surface area contributed by atoms with Gasteiger partial charge < -0.3 is 0 Å². The van der Waals surface area contributed by atoms with E-state index in [0.717, 1.165) is 11.3 Å². The molecule has 1 atom stereocenters. The summed E-state index contributed by atoms with van der Waals surface area (Å²) in [6, 6.07) is 7.49. The molecule has 2 rings (SSSR count). The molecule has 90 valence electrons. The molecule has 1 aromatic rings. The molecule has 4 heteroatoms. The second-order valence-corrected chi connectivity index (χ2v) is 5.53. The van der Waals surface area contributed by atoms with Crippen LogP contribution in [0.25, 0.3) is 0 Å². The van der Waals surface area contributed by atoms with Gasteiger partial charge in [0.15, 0.2) is 0 Å². The van der Waals surface area contributed by atoms with E-state index < -0.39 is 0 Å². The number of aryl methyl sites for hydroxylation is 1. The SMILES string of the molecule is CCSC1CC(=O)N(c2cccc(C)c2)C1=O. The molecule has 0 aliphatic carbocycles. The largest absolute Gasteiger partial charge is 0.274 e. The first-order chi connectivity index (χ1) is 8.13. The lowest BCUT2D eigenvalue weighted by Gasteiger charge is -2.15. The predicted molar refractivity (Wildman–Crippen MR) is 70.2 cm³/mol. The highest BCUT2D eigenvalue weighted by Gasteiger charge is 2.39. The normalized spacial score (nSPS) is 20.1. The Morgan fingerprint density at radius 1 is 1.41 bits per heavy atom. The third-order valence-corrected chi connectivity index (χ3v) is 3.84. The van der Waals surface area contributed by atoms with E-state index in [0.29, 0.717) is 12.1 Å². The topological polar surface area (TPSA) is 37.4 Å². The Morgan fingerprint density at radius 2 is 2.18 bits per heavy atom. The van der Waals surface area contributed by atoms with Gasteiger partial charge in [0.25, 0.3) is 0 Å². The standard InChI is InChI=1S/C13H15NO2S/c1-3-17-11-8-12(15)14(13(11)16)10-6-4-5-9(2)7-10/h4-7,11H,3,8H2,1-2H3. The number of amides is 2. The number of hydrogen-bond acceptors (Lipinski definition) is 3. The van der Waals surface area contributed by atoms with Crippen molar-refractivity contribution >= 4 is 29.3 Å². The van der Waals surface area contributed by atoms with Crippen molar-refractivity contribution in [3.8, 4) is 0 Å². The van der Waals surface area contributed by atoms with Crippen LogP contribution < -0.4 is 4.90 Å². The molecular weight excluding hydrogens is 234 g/mol. The van der Waals surface area contributed by atoms with E-state index >= 15 is 0 Å².